The Balaban J connectivity index is 1.32. The third kappa shape index (κ3) is 6.68. The smallest absolute Gasteiger partial charge is 0.206 e. The molecule has 258 valence electrons. The van der Waals surface area contributed by atoms with Crippen LogP contribution < -0.4 is 0 Å². The van der Waals surface area contributed by atoms with Crippen LogP contribution in [0.4, 0.5) is 0 Å². The van der Waals surface area contributed by atoms with Crippen LogP contribution in [0.1, 0.15) is 121 Å². The van der Waals surface area contributed by atoms with E-state index in [1.807, 2.05) is 12.3 Å². The fourth-order valence-electron chi connectivity index (χ4n) is 9.26. The molecule has 4 aromatic heterocycles. The van der Waals surface area contributed by atoms with Gasteiger partial charge in [0.2, 0.25) is 5.82 Å². The molecule has 6 atom stereocenters. The number of nitrogens with one attached hydrogen (secondary N) is 1. The Hall–Kier alpha value is -3.94. The molecular formula is C41H54N8. The molecule has 2 fully saturated rings. The van der Waals surface area contributed by atoms with Crippen molar-refractivity contribution in [2.24, 2.45) is 35.5 Å². The van der Waals surface area contributed by atoms with E-state index >= 15 is 0 Å². The molecule has 49 heavy (non-hydrogen) atoms. The summed E-state index contributed by atoms with van der Waals surface area (Å²) in [6.07, 6.45) is 12.2. The molecule has 1 aromatic carbocycles. The molecule has 2 aliphatic carbocycles. The summed E-state index contributed by atoms with van der Waals surface area (Å²) in [5, 5.41) is 14.7. The van der Waals surface area contributed by atoms with Crippen molar-refractivity contribution in [2.45, 2.75) is 112 Å². The van der Waals surface area contributed by atoms with E-state index in [1.165, 1.54) is 55.3 Å². The van der Waals surface area contributed by atoms with Crippen molar-refractivity contribution in [3.05, 3.63) is 71.4 Å². The normalized spacial score (nSPS) is 24.7. The highest BCUT2D eigenvalue weighted by molar-refractivity contribution is 5.80. The Morgan fingerprint density at radius 2 is 1.53 bits per heavy atom. The first kappa shape index (κ1) is 33.6. The van der Waals surface area contributed by atoms with E-state index in [0.717, 1.165) is 58.5 Å². The maximum absolute atomic E-state index is 5.65. The largest absolute Gasteiger partial charge is 0.308 e. The van der Waals surface area contributed by atoms with Crippen LogP contribution in [0.3, 0.4) is 0 Å². The Kier molecular flexibility index (Phi) is 9.67. The predicted molar refractivity (Wildman–Crippen MR) is 197 cm³/mol. The van der Waals surface area contributed by atoms with Gasteiger partial charge in [-0.1, -0.05) is 85.6 Å². The van der Waals surface area contributed by atoms with Gasteiger partial charge in [0.1, 0.15) is 11.3 Å². The number of nitrogens with zero attached hydrogens (tertiary/aromatic N) is 7. The number of aromatic amines is 1. The molecule has 8 heteroatoms. The minimum absolute atomic E-state index is 0.492. The first-order chi connectivity index (χ1) is 23.7. The molecule has 8 nitrogen and oxygen atoms in total. The van der Waals surface area contributed by atoms with Gasteiger partial charge in [-0.3, -0.25) is 4.98 Å². The lowest BCUT2D eigenvalue weighted by Gasteiger charge is -2.39. The zero-order valence-corrected chi connectivity index (χ0v) is 30.5. The maximum Gasteiger partial charge on any atom is 0.206 e. The highest BCUT2D eigenvalue weighted by Gasteiger charge is 2.37. The monoisotopic (exact) mass is 658 g/mol. The van der Waals surface area contributed by atoms with Crippen LogP contribution in [0, 0.1) is 35.5 Å². The van der Waals surface area contributed by atoms with Gasteiger partial charge in [-0.25, -0.2) is 9.97 Å². The number of hydrogen-bond acceptors (Lipinski definition) is 6. The predicted octanol–water partition coefficient (Wildman–Crippen LogP) is 9.64. The molecule has 7 rings (SSSR count). The lowest BCUT2D eigenvalue weighted by molar-refractivity contribution is 0.191. The number of rotatable bonds is 9. The number of tetrazole rings is 1. The van der Waals surface area contributed by atoms with Crippen molar-refractivity contribution in [3.63, 3.8) is 0 Å². The molecule has 0 saturated heterocycles. The summed E-state index contributed by atoms with van der Waals surface area (Å²) in [7, 11) is 0. The number of imidazole rings is 1. The van der Waals surface area contributed by atoms with Gasteiger partial charge in [0, 0.05) is 36.0 Å². The Morgan fingerprint density at radius 1 is 0.837 bits per heavy atom. The number of aromatic nitrogens is 8. The molecule has 2 aliphatic rings. The zero-order chi connectivity index (χ0) is 34.2. The Morgan fingerprint density at radius 3 is 2.18 bits per heavy atom. The first-order valence-electron chi connectivity index (χ1n) is 18.9. The fourth-order valence-corrected chi connectivity index (χ4v) is 9.26. The average molecular weight is 659 g/mol. The van der Waals surface area contributed by atoms with Crippen molar-refractivity contribution >= 4 is 11.2 Å². The molecule has 0 aliphatic heterocycles. The van der Waals surface area contributed by atoms with Crippen LogP contribution in [0.15, 0.2) is 48.8 Å². The first-order valence-corrected chi connectivity index (χ1v) is 18.9. The van der Waals surface area contributed by atoms with E-state index in [1.54, 1.807) is 6.20 Å². The summed E-state index contributed by atoms with van der Waals surface area (Å²) in [6, 6.07) is 13.4. The highest BCUT2D eigenvalue weighted by atomic mass is 15.5. The van der Waals surface area contributed by atoms with Crippen molar-refractivity contribution in [3.8, 4) is 22.5 Å². The van der Waals surface area contributed by atoms with Crippen LogP contribution in [0.25, 0.3) is 33.7 Å². The molecule has 1 N–H and O–H groups in total. The standard InChI is InChI=1S/C41H54N8/c1-8-38-44-39-35(33-19-26(6)9-15-30(33)24(2)3)21-37(34-20-27(7)10-16-31(34)25(4)5)43-41(39)49(38)23-28-11-13-29(14-12-28)32-17-18-42-22-36(32)40-45-47-48-46-40/h11-14,17-18,21-22,24-27,30-31,33-34H,8-10,15-16,19-20,23H2,1-7H3,(H,45,46,47,48). The number of pyridine rings is 2. The van der Waals surface area contributed by atoms with Gasteiger partial charge in [0.25, 0.3) is 0 Å². The van der Waals surface area contributed by atoms with E-state index in [4.69, 9.17) is 9.97 Å². The molecule has 0 amide bonds. The van der Waals surface area contributed by atoms with Crippen molar-refractivity contribution in [1.29, 1.82) is 0 Å². The van der Waals surface area contributed by atoms with Crippen LogP contribution in [-0.4, -0.2) is 40.1 Å². The van der Waals surface area contributed by atoms with E-state index in [-0.39, 0.29) is 0 Å². The Labute approximate surface area is 292 Å². The molecular weight excluding hydrogens is 605 g/mol. The van der Waals surface area contributed by atoms with Crippen LogP contribution >= 0.6 is 0 Å². The number of fused-ring (bicyclic) bond motifs is 1. The second kappa shape index (κ2) is 14.1. The molecule has 2 saturated carbocycles. The lowest BCUT2D eigenvalue weighted by atomic mass is 9.66. The number of benzene rings is 1. The molecule has 5 aromatic rings. The van der Waals surface area contributed by atoms with Gasteiger partial charge in [0.05, 0.1) is 6.54 Å². The number of aryl methyl sites for hydroxylation is 1. The lowest BCUT2D eigenvalue weighted by Crippen LogP contribution is -2.28. The van der Waals surface area contributed by atoms with Gasteiger partial charge >= 0.3 is 0 Å². The van der Waals surface area contributed by atoms with E-state index < -0.39 is 0 Å². The molecule has 0 spiro atoms. The van der Waals surface area contributed by atoms with E-state index in [2.05, 4.69) is 109 Å². The molecule has 0 radical (unpaired) electrons. The van der Waals surface area contributed by atoms with Crippen molar-refractivity contribution in [2.75, 3.05) is 0 Å². The summed E-state index contributed by atoms with van der Waals surface area (Å²) >= 11 is 0. The third-order valence-corrected chi connectivity index (χ3v) is 12.0. The van der Waals surface area contributed by atoms with Gasteiger partial charge in [-0.05, 0) is 107 Å². The van der Waals surface area contributed by atoms with Crippen LogP contribution in [0.5, 0.6) is 0 Å². The van der Waals surface area contributed by atoms with Crippen molar-refractivity contribution < 1.29 is 0 Å². The summed E-state index contributed by atoms with van der Waals surface area (Å²) in [5.41, 5.74) is 9.24. The second-order valence-electron chi connectivity index (χ2n) is 16.0. The van der Waals surface area contributed by atoms with E-state index in [0.29, 0.717) is 41.3 Å². The maximum atomic E-state index is 5.65. The van der Waals surface area contributed by atoms with Gasteiger partial charge in [0.15, 0.2) is 5.65 Å². The zero-order valence-electron chi connectivity index (χ0n) is 30.5. The number of hydrogen-bond donors (Lipinski definition) is 1. The van der Waals surface area contributed by atoms with Crippen LogP contribution in [0.2, 0.25) is 0 Å². The summed E-state index contributed by atoms with van der Waals surface area (Å²) in [4.78, 5) is 15.4. The third-order valence-electron chi connectivity index (χ3n) is 12.0. The quantitative estimate of drug-likeness (QED) is 0.169. The number of H-pyrrole nitrogens is 1. The fraction of sp³-hybridized carbons (Fsp3) is 0.561. The summed E-state index contributed by atoms with van der Waals surface area (Å²) in [6.45, 7) is 17.6. The topological polar surface area (TPSA) is 98.1 Å². The van der Waals surface area contributed by atoms with Gasteiger partial charge in [-0.2, -0.15) is 5.21 Å². The molecule has 4 heterocycles. The average Bonchev–Trinajstić information content (AvgIpc) is 3.76. The van der Waals surface area contributed by atoms with Crippen molar-refractivity contribution in [1.82, 2.24) is 40.1 Å². The summed E-state index contributed by atoms with van der Waals surface area (Å²) in [5.74, 6) is 6.78. The minimum atomic E-state index is 0.492. The summed E-state index contributed by atoms with van der Waals surface area (Å²) < 4.78 is 2.43. The van der Waals surface area contributed by atoms with Gasteiger partial charge in [-0.15, -0.1) is 10.2 Å². The highest BCUT2D eigenvalue weighted by Crippen LogP contribution is 2.48. The molecule has 0 bridgehead atoms. The Bertz CT molecular complexity index is 1850. The van der Waals surface area contributed by atoms with Crippen LogP contribution in [-0.2, 0) is 13.0 Å². The molecule has 6 unspecified atom stereocenters. The second-order valence-corrected chi connectivity index (χ2v) is 16.0. The van der Waals surface area contributed by atoms with E-state index in [9.17, 15) is 0 Å². The van der Waals surface area contributed by atoms with Gasteiger partial charge < -0.3 is 4.57 Å². The SMILES string of the molecule is CCc1nc2c(C3CC(C)CCC3C(C)C)cc(C3CC(C)CCC3C(C)C)nc2n1Cc1ccc(-c2ccncc2-c2nn[nH]n2)cc1. The minimum Gasteiger partial charge on any atom is -0.308 e.